The molecule has 0 spiro atoms. The van der Waals surface area contributed by atoms with Crippen LogP contribution in [0.5, 0.6) is 5.75 Å². The lowest BCUT2D eigenvalue weighted by Gasteiger charge is -2.19. The molecule has 0 saturated heterocycles. The Bertz CT molecular complexity index is 1180. The predicted molar refractivity (Wildman–Crippen MR) is 126 cm³/mol. The van der Waals surface area contributed by atoms with Crippen LogP contribution in [0.1, 0.15) is 40.9 Å². The van der Waals surface area contributed by atoms with Crippen molar-refractivity contribution in [3.8, 4) is 5.75 Å². The van der Waals surface area contributed by atoms with E-state index in [-0.39, 0.29) is 11.5 Å². The lowest BCUT2D eigenvalue weighted by atomic mass is 10.0. The number of hydrogen-bond donors (Lipinski definition) is 1. The Morgan fingerprint density at radius 3 is 2.41 bits per heavy atom. The Hall–Kier alpha value is -3.86. The first kappa shape index (κ1) is 21.4. The van der Waals surface area contributed by atoms with Crippen molar-refractivity contribution in [3.63, 3.8) is 0 Å². The number of nitrogens with zero attached hydrogens (tertiary/aromatic N) is 1. The minimum absolute atomic E-state index is 0.000961. The number of aromatic carboxylic acids is 1. The smallest absolute Gasteiger partial charge is 0.335 e. The molecule has 1 amide bonds. The lowest BCUT2D eigenvalue weighted by Crippen LogP contribution is -2.30. The number of anilines is 1. The minimum Gasteiger partial charge on any atom is -0.488 e. The fourth-order valence-electron chi connectivity index (χ4n) is 3.78. The lowest BCUT2D eigenvalue weighted by molar-refractivity contribution is -0.113. The number of hydrogen-bond acceptors (Lipinski definition) is 3. The maximum absolute atomic E-state index is 13.2. The first-order chi connectivity index (χ1) is 15.4. The van der Waals surface area contributed by atoms with Crippen LogP contribution in [-0.4, -0.2) is 23.5 Å². The number of fused-ring (bicyclic) bond motifs is 1. The van der Waals surface area contributed by atoms with Crippen molar-refractivity contribution in [1.29, 1.82) is 0 Å². The number of amides is 1. The third-order valence-corrected chi connectivity index (χ3v) is 5.32. The number of ether oxygens (including phenoxy) is 1. The van der Waals surface area contributed by atoms with Crippen LogP contribution in [-0.2, 0) is 11.4 Å². The molecule has 0 bridgehead atoms. The molecule has 1 aliphatic rings. The average molecular weight is 428 g/mol. The summed E-state index contributed by atoms with van der Waals surface area (Å²) in [6.45, 7) is 5.16. The number of carbonyl (C=O) groups excluding carboxylic acids is 1. The Balaban J connectivity index is 1.61. The first-order valence-corrected chi connectivity index (χ1v) is 10.6. The highest BCUT2D eigenvalue weighted by Crippen LogP contribution is 2.39. The molecule has 0 aromatic heterocycles. The molecule has 0 saturated carbocycles. The van der Waals surface area contributed by atoms with Crippen molar-refractivity contribution in [2.24, 2.45) is 5.92 Å². The SMILES string of the molecule is CC(C)CN1C(=O)/C(=C\c2ccccc2OCc2ccc(C(=O)O)cc2)c2ccccc21. The van der Waals surface area contributed by atoms with Gasteiger partial charge in [-0.3, -0.25) is 4.79 Å². The summed E-state index contributed by atoms with van der Waals surface area (Å²) in [4.78, 5) is 26.1. The number of carbonyl (C=O) groups is 2. The van der Waals surface area contributed by atoms with Gasteiger partial charge in [-0.25, -0.2) is 4.79 Å². The van der Waals surface area contributed by atoms with Gasteiger partial charge >= 0.3 is 5.97 Å². The molecule has 4 rings (SSSR count). The fourth-order valence-corrected chi connectivity index (χ4v) is 3.78. The van der Waals surface area contributed by atoms with Crippen LogP contribution >= 0.6 is 0 Å². The first-order valence-electron chi connectivity index (χ1n) is 10.6. The summed E-state index contributed by atoms with van der Waals surface area (Å²) in [7, 11) is 0. The summed E-state index contributed by atoms with van der Waals surface area (Å²) in [5.41, 5.74) is 4.44. The zero-order valence-corrected chi connectivity index (χ0v) is 18.1. The van der Waals surface area contributed by atoms with Crippen LogP contribution in [0.15, 0.2) is 72.8 Å². The van der Waals surface area contributed by atoms with Gasteiger partial charge < -0.3 is 14.7 Å². The molecule has 0 unspecified atom stereocenters. The molecule has 0 atom stereocenters. The molecule has 0 fully saturated rings. The highest BCUT2D eigenvalue weighted by atomic mass is 16.5. The minimum atomic E-state index is -0.956. The summed E-state index contributed by atoms with van der Waals surface area (Å²) in [5, 5.41) is 9.05. The third-order valence-electron chi connectivity index (χ3n) is 5.32. The van der Waals surface area contributed by atoms with E-state index < -0.39 is 5.97 Å². The second-order valence-electron chi connectivity index (χ2n) is 8.21. The Morgan fingerprint density at radius 1 is 1.00 bits per heavy atom. The standard InChI is InChI=1S/C27H25NO4/c1-18(2)16-28-24-9-5-4-8-22(24)23(26(28)29)15-21-7-3-6-10-25(21)32-17-19-11-13-20(14-12-19)27(30)31/h3-15,18H,16-17H2,1-2H3,(H,30,31)/b23-15-. The molecular weight excluding hydrogens is 402 g/mol. The van der Waals surface area contributed by atoms with E-state index in [1.54, 1.807) is 24.3 Å². The average Bonchev–Trinajstić information content (AvgIpc) is 3.04. The second kappa shape index (κ2) is 9.10. The third kappa shape index (κ3) is 4.42. The van der Waals surface area contributed by atoms with Crippen LogP contribution in [0.25, 0.3) is 11.6 Å². The van der Waals surface area contributed by atoms with E-state index in [0.717, 1.165) is 22.4 Å². The number of benzene rings is 3. The van der Waals surface area contributed by atoms with Crippen molar-refractivity contribution in [2.45, 2.75) is 20.5 Å². The largest absolute Gasteiger partial charge is 0.488 e. The van der Waals surface area contributed by atoms with Gasteiger partial charge in [-0.1, -0.05) is 62.4 Å². The number of para-hydroxylation sites is 2. The van der Waals surface area contributed by atoms with Crippen LogP contribution in [0, 0.1) is 5.92 Å². The molecule has 5 nitrogen and oxygen atoms in total. The van der Waals surface area contributed by atoms with Crippen molar-refractivity contribution < 1.29 is 19.4 Å². The summed E-state index contributed by atoms with van der Waals surface area (Å²) < 4.78 is 6.03. The van der Waals surface area contributed by atoms with Gasteiger partial charge in [0.1, 0.15) is 12.4 Å². The van der Waals surface area contributed by atoms with Crippen molar-refractivity contribution in [2.75, 3.05) is 11.4 Å². The van der Waals surface area contributed by atoms with Gasteiger partial charge in [0.2, 0.25) is 0 Å². The van der Waals surface area contributed by atoms with Crippen LogP contribution in [0.4, 0.5) is 5.69 Å². The maximum Gasteiger partial charge on any atom is 0.335 e. The van der Waals surface area contributed by atoms with E-state index >= 15 is 0 Å². The van der Waals surface area contributed by atoms with Gasteiger partial charge in [-0.15, -0.1) is 0 Å². The second-order valence-corrected chi connectivity index (χ2v) is 8.21. The van der Waals surface area contributed by atoms with E-state index in [0.29, 0.717) is 30.4 Å². The van der Waals surface area contributed by atoms with Gasteiger partial charge in [-0.2, -0.15) is 0 Å². The van der Waals surface area contributed by atoms with Crippen LogP contribution < -0.4 is 9.64 Å². The van der Waals surface area contributed by atoms with Gasteiger partial charge in [-0.05, 0) is 41.8 Å². The van der Waals surface area contributed by atoms with E-state index in [9.17, 15) is 9.59 Å². The number of rotatable bonds is 7. The Labute approximate surface area is 187 Å². The molecule has 32 heavy (non-hydrogen) atoms. The summed E-state index contributed by atoms with van der Waals surface area (Å²) >= 11 is 0. The van der Waals surface area contributed by atoms with E-state index in [1.807, 2.05) is 59.5 Å². The molecule has 5 heteroatoms. The quantitative estimate of drug-likeness (QED) is 0.505. The molecule has 3 aromatic rings. The van der Waals surface area contributed by atoms with Crippen molar-refractivity contribution in [1.82, 2.24) is 0 Å². The van der Waals surface area contributed by atoms with E-state index in [1.165, 1.54) is 0 Å². The molecule has 1 N–H and O–H groups in total. The molecule has 0 aliphatic carbocycles. The van der Waals surface area contributed by atoms with Crippen LogP contribution in [0.3, 0.4) is 0 Å². The van der Waals surface area contributed by atoms with Crippen molar-refractivity contribution in [3.05, 3.63) is 95.1 Å². The van der Waals surface area contributed by atoms with Gasteiger partial charge in [0.15, 0.2) is 0 Å². The monoisotopic (exact) mass is 427 g/mol. The molecule has 3 aromatic carbocycles. The molecule has 0 radical (unpaired) electrons. The summed E-state index contributed by atoms with van der Waals surface area (Å²) in [6.07, 6.45) is 1.89. The van der Waals surface area contributed by atoms with Gasteiger partial charge in [0.05, 0.1) is 11.3 Å². The highest BCUT2D eigenvalue weighted by molar-refractivity contribution is 6.35. The highest BCUT2D eigenvalue weighted by Gasteiger charge is 2.32. The van der Waals surface area contributed by atoms with E-state index in [4.69, 9.17) is 9.84 Å². The van der Waals surface area contributed by atoms with Crippen LogP contribution in [0.2, 0.25) is 0 Å². The summed E-state index contributed by atoms with van der Waals surface area (Å²) in [5.74, 6) is 0.0609. The Kier molecular flexibility index (Phi) is 6.08. The van der Waals surface area contributed by atoms with Gasteiger partial charge in [0.25, 0.3) is 5.91 Å². The van der Waals surface area contributed by atoms with Crippen molar-refractivity contribution >= 4 is 29.2 Å². The topological polar surface area (TPSA) is 66.8 Å². The zero-order chi connectivity index (χ0) is 22.7. The number of carboxylic acids is 1. The zero-order valence-electron chi connectivity index (χ0n) is 18.1. The Morgan fingerprint density at radius 2 is 1.69 bits per heavy atom. The maximum atomic E-state index is 13.2. The molecular formula is C27H25NO4. The molecule has 162 valence electrons. The van der Waals surface area contributed by atoms with Gasteiger partial charge in [0, 0.05) is 23.2 Å². The molecule has 1 heterocycles. The van der Waals surface area contributed by atoms with E-state index in [2.05, 4.69) is 13.8 Å². The molecule has 1 aliphatic heterocycles. The number of carboxylic acid groups (broad SMARTS) is 1. The normalized spacial score (nSPS) is 14.2. The fraction of sp³-hybridized carbons (Fsp3) is 0.185. The predicted octanol–water partition coefficient (Wildman–Crippen LogP) is 5.51. The summed E-state index contributed by atoms with van der Waals surface area (Å²) in [6, 6.07) is 22.1.